The number of aromatic nitrogens is 2. The maximum Gasteiger partial charge on any atom is 0.131 e. The number of halogens is 2. The van der Waals surface area contributed by atoms with E-state index in [9.17, 15) is 0 Å². The third kappa shape index (κ3) is 2.72. The summed E-state index contributed by atoms with van der Waals surface area (Å²) >= 11 is 12.0. The Morgan fingerprint density at radius 2 is 1.90 bits per heavy atom. The van der Waals surface area contributed by atoms with Crippen molar-refractivity contribution in [3.05, 3.63) is 63.4 Å². The zero-order chi connectivity index (χ0) is 14.1. The molecule has 4 heteroatoms. The van der Waals surface area contributed by atoms with Crippen LogP contribution in [0.4, 0.5) is 0 Å². The molecule has 0 aliphatic heterocycles. The van der Waals surface area contributed by atoms with Gasteiger partial charge >= 0.3 is 0 Å². The van der Waals surface area contributed by atoms with Gasteiger partial charge in [0.25, 0.3) is 0 Å². The lowest BCUT2D eigenvalue weighted by Crippen LogP contribution is -1.77. The minimum atomic E-state index is 0.626. The molecule has 1 aromatic heterocycles. The highest BCUT2D eigenvalue weighted by molar-refractivity contribution is 6.35. The first-order valence-electron chi connectivity index (χ1n) is 6.21. The van der Waals surface area contributed by atoms with E-state index < -0.39 is 0 Å². The van der Waals surface area contributed by atoms with Gasteiger partial charge in [-0.15, -0.1) is 0 Å². The van der Waals surface area contributed by atoms with Crippen LogP contribution in [0.25, 0.3) is 23.2 Å². The lowest BCUT2D eigenvalue weighted by Gasteiger charge is -1.97. The number of hydrogen-bond acceptors (Lipinski definition) is 1. The number of rotatable bonds is 2. The molecule has 0 unspecified atom stereocenters. The second-order valence-corrected chi connectivity index (χ2v) is 5.49. The predicted octanol–water partition coefficient (Wildman–Crippen LogP) is 5.35. The summed E-state index contributed by atoms with van der Waals surface area (Å²) in [7, 11) is 0. The standard InChI is InChI=1S/C16H12Cl2N2/c1-10-2-6-14-15(8-10)20-16(19-14)7-4-11-3-5-12(17)9-13(11)18/h2-9H,1H3,(H,19,20). The van der Waals surface area contributed by atoms with Gasteiger partial charge in [-0.1, -0.05) is 35.3 Å². The summed E-state index contributed by atoms with van der Waals surface area (Å²) in [6.07, 6.45) is 3.83. The van der Waals surface area contributed by atoms with Crippen LogP contribution in [-0.2, 0) is 0 Å². The van der Waals surface area contributed by atoms with E-state index in [0.717, 1.165) is 22.4 Å². The van der Waals surface area contributed by atoms with Crippen LogP contribution in [0.15, 0.2) is 36.4 Å². The molecule has 20 heavy (non-hydrogen) atoms. The molecule has 0 aliphatic carbocycles. The second-order valence-electron chi connectivity index (χ2n) is 4.64. The fraction of sp³-hybridized carbons (Fsp3) is 0.0625. The van der Waals surface area contributed by atoms with Gasteiger partial charge in [0.2, 0.25) is 0 Å². The van der Waals surface area contributed by atoms with Crippen molar-refractivity contribution in [2.24, 2.45) is 0 Å². The van der Waals surface area contributed by atoms with E-state index in [-0.39, 0.29) is 0 Å². The largest absolute Gasteiger partial charge is 0.338 e. The summed E-state index contributed by atoms with van der Waals surface area (Å²) < 4.78 is 0. The minimum Gasteiger partial charge on any atom is -0.338 e. The molecule has 0 bridgehead atoms. The highest BCUT2D eigenvalue weighted by Crippen LogP contribution is 2.23. The molecule has 0 atom stereocenters. The number of H-pyrrole nitrogens is 1. The van der Waals surface area contributed by atoms with Crippen LogP contribution in [0, 0.1) is 6.92 Å². The number of imidazole rings is 1. The van der Waals surface area contributed by atoms with Crippen LogP contribution in [-0.4, -0.2) is 9.97 Å². The molecule has 2 aromatic carbocycles. The highest BCUT2D eigenvalue weighted by Gasteiger charge is 2.01. The van der Waals surface area contributed by atoms with Gasteiger partial charge in [0.1, 0.15) is 5.82 Å². The van der Waals surface area contributed by atoms with E-state index in [1.165, 1.54) is 5.56 Å². The van der Waals surface area contributed by atoms with Crippen molar-refractivity contribution < 1.29 is 0 Å². The average Bonchev–Trinajstić information content (AvgIpc) is 2.79. The Bertz CT molecular complexity index is 803. The molecule has 0 fully saturated rings. The first-order chi connectivity index (χ1) is 9.61. The summed E-state index contributed by atoms with van der Waals surface area (Å²) in [6.45, 7) is 2.06. The van der Waals surface area contributed by atoms with Gasteiger partial charge in [-0.25, -0.2) is 4.98 Å². The molecule has 0 saturated carbocycles. The number of nitrogens with zero attached hydrogens (tertiary/aromatic N) is 1. The number of nitrogens with one attached hydrogen (secondary N) is 1. The third-order valence-electron chi connectivity index (χ3n) is 3.04. The molecule has 3 aromatic rings. The first kappa shape index (κ1) is 13.2. The van der Waals surface area contributed by atoms with E-state index in [2.05, 4.69) is 23.0 Å². The fourth-order valence-electron chi connectivity index (χ4n) is 2.03. The van der Waals surface area contributed by atoms with E-state index >= 15 is 0 Å². The molecule has 3 rings (SSSR count). The van der Waals surface area contributed by atoms with E-state index in [1.54, 1.807) is 6.07 Å². The van der Waals surface area contributed by atoms with Crippen molar-refractivity contribution in [1.29, 1.82) is 0 Å². The Morgan fingerprint density at radius 1 is 1.05 bits per heavy atom. The zero-order valence-corrected chi connectivity index (χ0v) is 12.3. The number of aryl methyl sites for hydroxylation is 1. The van der Waals surface area contributed by atoms with Crippen molar-refractivity contribution in [3.63, 3.8) is 0 Å². The van der Waals surface area contributed by atoms with Crippen LogP contribution >= 0.6 is 23.2 Å². The molecule has 0 spiro atoms. The quantitative estimate of drug-likeness (QED) is 0.679. The topological polar surface area (TPSA) is 28.7 Å². The number of benzene rings is 2. The normalized spacial score (nSPS) is 11.6. The van der Waals surface area contributed by atoms with Crippen molar-refractivity contribution in [2.75, 3.05) is 0 Å². The lowest BCUT2D eigenvalue weighted by atomic mass is 10.2. The SMILES string of the molecule is Cc1ccc2nc(C=Cc3ccc(Cl)cc3Cl)[nH]c2c1. The Hall–Kier alpha value is -1.77. The smallest absolute Gasteiger partial charge is 0.131 e. The molecule has 0 amide bonds. The molecular weight excluding hydrogens is 291 g/mol. The van der Waals surface area contributed by atoms with Gasteiger partial charge in [-0.3, -0.25) is 0 Å². The molecule has 1 N–H and O–H groups in total. The van der Waals surface area contributed by atoms with Crippen LogP contribution in [0.3, 0.4) is 0 Å². The van der Waals surface area contributed by atoms with Crippen LogP contribution in [0.5, 0.6) is 0 Å². The maximum absolute atomic E-state index is 6.13. The van der Waals surface area contributed by atoms with Gasteiger partial charge in [-0.05, 0) is 54.5 Å². The Kier molecular flexibility index (Phi) is 3.51. The van der Waals surface area contributed by atoms with Gasteiger partial charge in [0.15, 0.2) is 0 Å². The molecule has 0 radical (unpaired) electrons. The minimum absolute atomic E-state index is 0.626. The van der Waals surface area contributed by atoms with Crippen molar-refractivity contribution >= 4 is 46.4 Å². The van der Waals surface area contributed by atoms with Crippen LogP contribution in [0.1, 0.15) is 17.0 Å². The summed E-state index contributed by atoms with van der Waals surface area (Å²) in [5.74, 6) is 0.802. The molecule has 1 heterocycles. The first-order valence-corrected chi connectivity index (χ1v) is 6.97. The summed E-state index contributed by atoms with van der Waals surface area (Å²) in [6, 6.07) is 11.6. The molecule has 0 saturated heterocycles. The Balaban J connectivity index is 1.94. The molecule has 100 valence electrons. The van der Waals surface area contributed by atoms with Gasteiger partial charge in [0.05, 0.1) is 11.0 Å². The van der Waals surface area contributed by atoms with Crippen molar-refractivity contribution in [1.82, 2.24) is 9.97 Å². The zero-order valence-electron chi connectivity index (χ0n) is 10.8. The van der Waals surface area contributed by atoms with E-state index in [4.69, 9.17) is 23.2 Å². The van der Waals surface area contributed by atoms with Crippen LogP contribution in [0.2, 0.25) is 10.0 Å². The number of fused-ring (bicyclic) bond motifs is 1. The molecule has 0 aliphatic rings. The molecule has 2 nitrogen and oxygen atoms in total. The van der Waals surface area contributed by atoms with Crippen molar-refractivity contribution in [2.45, 2.75) is 6.92 Å². The monoisotopic (exact) mass is 302 g/mol. The number of aromatic amines is 1. The Morgan fingerprint density at radius 3 is 2.70 bits per heavy atom. The Labute approximate surface area is 127 Å². The summed E-state index contributed by atoms with van der Waals surface area (Å²) in [5.41, 5.74) is 4.11. The average molecular weight is 303 g/mol. The summed E-state index contributed by atoms with van der Waals surface area (Å²) in [4.78, 5) is 7.78. The van der Waals surface area contributed by atoms with Crippen molar-refractivity contribution in [3.8, 4) is 0 Å². The van der Waals surface area contributed by atoms with Gasteiger partial charge < -0.3 is 4.98 Å². The second kappa shape index (κ2) is 5.31. The van der Waals surface area contributed by atoms with Crippen LogP contribution < -0.4 is 0 Å². The lowest BCUT2D eigenvalue weighted by molar-refractivity contribution is 1.29. The summed E-state index contributed by atoms with van der Waals surface area (Å²) in [5, 5.41) is 1.26. The van der Waals surface area contributed by atoms with E-state index in [0.29, 0.717) is 10.0 Å². The third-order valence-corrected chi connectivity index (χ3v) is 3.60. The number of hydrogen-bond donors (Lipinski definition) is 1. The van der Waals surface area contributed by atoms with Gasteiger partial charge in [-0.2, -0.15) is 0 Å². The predicted molar refractivity (Wildman–Crippen MR) is 86.2 cm³/mol. The molecular formula is C16H12Cl2N2. The fourth-order valence-corrected chi connectivity index (χ4v) is 2.50. The maximum atomic E-state index is 6.13. The van der Waals surface area contributed by atoms with Gasteiger partial charge in [0, 0.05) is 10.0 Å². The van der Waals surface area contributed by atoms with E-state index in [1.807, 2.05) is 36.4 Å². The highest BCUT2D eigenvalue weighted by atomic mass is 35.5.